The van der Waals surface area contributed by atoms with E-state index in [2.05, 4.69) is 10.5 Å². The van der Waals surface area contributed by atoms with Crippen LogP contribution in [0.2, 0.25) is 0 Å². The van der Waals surface area contributed by atoms with Gasteiger partial charge in [0.15, 0.2) is 0 Å². The highest BCUT2D eigenvalue weighted by molar-refractivity contribution is 5.84. The molecule has 2 aromatic rings. The lowest BCUT2D eigenvalue weighted by atomic mass is 10.2. The Labute approximate surface area is 128 Å². The first-order valence-electron chi connectivity index (χ1n) is 6.21. The van der Waals surface area contributed by atoms with Gasteiger partial charge in [-0.25, -0.2) is 0 Å². The van der Waals surface area contributed by atoms with Crippen LogP contribution in [0.4, 0.5) is 24.5 Å². The van der Waals surface area contributed by atoms with Crippen LogP contribution in [-0.2, 0) is 6.18 Å². The summed E-state index contributed by atoms with van der Waals surface area (Å²) >= 11 is 0. The zero-order valence-corrected chi connectivity index (χ0v) is 11.4. The predicted octanol–water partition coefficient (Wildman–Crippen LogP) is 3.77. The number of hydrogen-bond acceptors (Lipinski definition) is 5. The third kappa shape index (κ3) is 4.19. The van der Waals surface area contributed by atoms with Gasteiger partial charge < -0.3 is 5.11 Å². The number of nitro benzene ring substituents is 1. The van der Waals surface area contributed by atoms with E-state index >= 15 is 0 Å². The molecular formula is C14H10F3N3O3. The van der Waals surface area contributed by atoms with Crippen molar-refractivity contribution in [3.63, 3.8) is 0 Å². The molecule has 120 valence electrons. The largest absolute Gasteiger partial charge is 0.507 e. The fourth-order valence-electron chi connectivity index (χ4n) is 1.70. The molecule has 0 unspecified atom stereocenters. The summed E-state index contributed by atoms with van der Waals surface area (Å²) in [5, 5.41) is 23.9. The van der Waals surface area contributed by atoms with Crippen LogP contribution in [0, 0.1) is 10.1 Å². The zero-order chi connectivity index (χ0) is 17.0. The van der Waals surface area contributed by atoms with Gasteiger partial charge in [-0.2, -0.15) is 18.3 Å². The number of nitrogens with one attached hydrogen (secondary N) is 1. The van der Waals surface area contributed by atoms with Crippen LogP contribution in [0.5, 0.6) is 5.75 Å². The third-order valence-electron chi connectivity index (χ3n) is 2.81. The Morgan fingerprint density at radius 1 is 1.22 bits per heavy atom. The maximum atomic E-state index is 12.6. The molecule has 0 radical (unpaired) electrons. The van der Waals surface area contributed by atoms with Gasteiger partial charge in [0.2, 0.25) is 0 Å². The van der Waals surface area contributed by atoms with Crippen molar-refractivity contribution >= 4 is 17.6 Å². The van der Waals surface area contributed by atoms with Gasteiger partial charge in [-0.15, -0.1) is 0 Å². The number of phenolic OH excluding ortho intramolecular Hbond substituents is 1. The maximum absolute atomic E-state index is 12.6. The molecule has 2 N–H and O–H groups in total. The second kappa shape index (κ2) is 6.34. The van der Waals surface area contributed by atoms with Crippen molar-refractivity contribution in [3.8, 4) is 5.75 Å². The molecule has 0 aromatic heterocycles. The number of alkyl halides is 3. The Balaban J connectivity index is 2.16. The summed E-state index contributed by atoms with van der Waals surface area (Å²) in [7, 11) is 0. The number of hydrazone groups is 1. The van der Waals surface area contributed by atoms with Crippen LogP contribution >= 0.6 is 0 Å². The van der Waals surface area contributed by atoms with Crippen LogP contribution in [0.25, 0.3) is 0 Å². The monoisotopic (exact) mass is 325 g/mol. The first-order chi connectivity index (χ1) is 10.8. The summed E-state index contributed by atoms with van der Waals surface area (Å²) < 4.78 is 37.7. The summed E-state index contributed by atoms with van der Waals surface area (Å²) in [6, 6.07) is 7.71. The van der Waals surface area contributed by atoms with E-state index in [1.54, 1.807) is 0 Å². The standard InChI is InChI=1S/C14H10F3N3O3/c15-14(16,17)10-2-1-3-11(7-10)19-18-8-9-6-12(20(22)23)4-5-13(9)21/h1-8,19,21H/b18-8+. The zero-order valence-electron chi connectivity index (χ0n) is 11.4. The van der Waals surface area contributed by atoms with Crippen molar-refractivity contribution in [1.82, 2.24) is 0 Å². The number of nitro groups is 1. The Kier molecular flexibility index (Phi) is 4.49. The molecule has 0 saturated carbocycles. The van der Waals surface area contributed by atoms with E-state index in [9.17, 15) is 28.4 Å². The summed E-state index contributed by atoms with van der Waals surface area (Å²) in [5.41, 5.74) is 1.42. The van der Waals surface area contributed by atoms with Gasteiger partial charge in [0.1, 0.15) is 5.75 Å². The number of rotatable bonds is 4. The van der Waals surface area contributed by atoms with Gasteiger partial charge in [-0.3, -0.25) is 15.5 Å². The molecule has 0 aliphatic heterocycles. The van der Waals surface area contributed by atoms with E-state index < -0.39 is 16.7 Å². The molecular weight excluding hydrogens is 315 g/mol. The van der Waals surface area contributed by atoms with E-state index in [1.807, 2.05) is 0 Å². The van der Waals surface area contributed by atoms with Gasteiger partial charge in [-0.1, -0.05) is 6.07 Å². The van der Waals surface area contributed by atoms with Gasteiger partial charge in [0, 0.05) is 17.7 Å². The molecule has 2 rings (SSSR count). The minimum Gasteiger partial charge on any atom is -0.507 e. The number of halogens is 3. The second-order valence-electron chi connectivity index (χ2n) is 4.45. The smallest absolute Gasteiger partial charge is 0.416 e. The average Bonchev–Trinajstić information content (AvgIpc) is 2.48. The molecule has 6 nitrogen and oxygen atoms in total. The fourth-order valence-corrected chi connectivity index (χ4v) is 1.70. The number of hydrogen-bond donors (Lipinski definition) is 2. The van der Waals surface area contributed by atoms with Crippen LogP contribution < -0.4 is 5.43 Å². The number of anilines is 1. The lowest BCUT2D eigenvalue weighted by Gasteiger charge is -2.08. The highest BCUT2D eigenvalue weighted by Gasteiger charge is 2.30. The predicted molar refractivity (Wildman–Crippen MR) is 77.4 cm³/mol. The first kappa shape index (κ1) is 16.3. The molecule has 9 heteroatoms. The van der Waals surface area contributed by atoms with Gasteiger partial charge in [-0.05, 0) is 24.3 Å². The topological polar surface area (TPSA) is 87.8 Å². The van der Waals surface area contributed by atoms with Crippen molar-refractivity contribution in [2.45, 2.75) is 6.18 Å². The van der Waals surface area contributed by atoms with Gasteiger partial charge in [0.25, 0.3) is 5.69 Å². The van der Waals surface area contributed by atoms with Crippen LogP contribution in [0.3, 0.4) is 0 Å². The SMILES string of the molecule is O=[N+]([O-])c1ccc(O)c(/C=N/Nc2cccc(C(F)(F)F)c2)c1. The van der Waals surface area contributed by atoms with Crippen LogP contribution in [0.1, 0.15) is 11.1 Å². The third-order valence-corrected chi connectivity index (χ3v) is 2.81. The summed E-state index contributed by atoms with van der Waals surface area (Å²) in [6.07, 6.45) is -3.40. The van der Waals surface area contributed by atoms with Crippen LogP contribution in [0.15, 0.2) is 47.6 Å². The number of nitrogens with zero attached hydrogens (tertiary/aromatic N) is 2. The Bertz CT molecular complexity index is 760. The molecule has 0 bridgehead atoms. The van der Waals surface area contributed by atoms with Crippen molar-refractivity contribution in [2.24, 2.45) is 5.10 Å². The second-order valence-corrected chi connectivity index (χ2v) is 4.45. The van der Waals surface area contributed by atoms with Crippen molar-refractivity contribution < 1.29 is 23.2 Å². The molecule has 0 aliphatic carbocycles. The Hall–Kier alpha value is -3.10. The highest BCUT2D eigenvalue weighted by Crippen LogP contribution is 2.30. The fraction of sp³-hybridized carbons (Fsp3) is 0.0714. The minimum atomic E-state index is -4.47. The molecule has 2 aromatic carbocycles. The summed E-state index contributed by atoms with van der Waals surface area (Å²) in [6.45, 7) is 0. The molecule has 0 amide bonds. The van der Waals surface area contributed by atoms with E-state index in [0.717, 1.165) is 36.5 Å². The Morgan fingerprint density at radius 3 is 2.61 bits per heavy atom. The van der Waals surface area contributed by atoms with Crippen molar-refractivity contribution in [3.05, 3.63) is 63.7 Å². The minimum absolute atomic E-state index is 0.0543. The number of non-ortho nitro benzene ring substituents is 1. The van der Waals surface area contributed by atoms with Crippen LogP contribution in [-0.4, -0.2) is 16.2 Å². The number of aromatic hydroxyl groups is 1. The molecule has 0 heterocycles. The van der Waals surface area contributed by atoms with E-state index in [1.165, 1.54) is 12.1 Å². The maximum Gasteiger partial charge on any atom is 0.416 e. The summed E-state index contributed by atoms with van der Waals surface area (Å²) in [4.78, 5) is 10.0. The molecule has 0 fully saturated rings. The van der Waals surface area contributed by atoms with E-state index in [4.69, 9.17) is 0 Å². The highest BCUT2D eigenvalue weighted by atomic mass is 19.4. The van der Waals surface area contributed by atoms with E-state index in [0.29, 0.717) is 0 Å². The molecule has 0 spiro atoms. The normalized spacial score (nSPS) is 11.6. The lowest BCUT2D eigenvalue weighted by molar-refractivity contribution is -0.384. The van der Waals surface area contributed by atoms with Crippen molar-refractivity contribution in [2.75, 3.05) is 5.43 Å². The first-order valence-corrected chi connectivity index (χ1v) is 6.21. The number of phenols is 1. The van der Waals surface area contributed by atoms with E-state index in [-0.39, 0.29) is 22.7 Å². The van der Waals surface area contributed by atoms with Crippen molar-refractivity contribution in [1.29, 1.82) is 0 Å². The average molecular weight is 325 g/mol. The lowest BCUT2D eigenvalue weighted by Crippen LogP contribution is -2.05. The molecule has 23 heavy (non-hydrogen) atoms. The molecule has 0 aliphatic rings. The summed E-state index contributed by atoms with van der Waals surface area (Å²) in [5.74, 6) is -0.245. The molecule has 0 atom stereocenters. The Morgan fingerprint density at radius 2 is 1.96 bits per heavy atom. The van der Waals surface area contributed by atoms with Gasteiger partial charge in [0.05, 0.1) is 22.4 Å². The molecule has 0 saturated heterocycles. The number of benzene rings is 2. The quantitative estimate of drug-likeness (QED) is 0.509. The van der Waals surface area contributed by atoms with Gasteiger partial charge >= 0.3 is 6.18 Å².